The van der Waals surface area contributed by atoms with Crippen LogP contribution in [0.25, 0.3) is 6.08 Å². The first kappa shape index (κ1) is 12.5. The minimum atomic E-state index is 0.855. The van der Waals surface area contributed by atoms with Gasteiger partial charge in [0.15, 0.2) is 0 Å². The quantitative estimate of drug-likeness (QED) is 0.864. The van der Waals surface area contributed by atoms with Gasteiger partial charge >= 0.3 is 0 Å². The van der Waals surface area contributed by atoms with Gasteiger partial charge in [0.2, 0.25) is 0 Å². The average Bonchev–Trinajstić information content (AvgIpc) is 2.41. The Labute approximate surface area is 108 Å². The molecule has 1 heterocycles. The SMILES string of the molecule is CC(=Cc1ccccc1)CNCc1cccnc1. The van der Waals surface area contributed by atoms with E-state index < -0.39 is 0 Å². The molecule has 2 aromatic rings. The maximum atomic E-state index is 4.10. The normalized spacial score (nSPS) is 11.5. The topological polar surface area (TPSA) is 24.9 Å². The van der Waals surface area contributed by atoms with E-state index in [-0.39, 0.29) is 0 Å². The summed E-state index contributed by atoms with van der Waals surface area (Å²) in [6.07, 6.45) is 5.89. The van der Waals surface area contributed by atoms with Gasteiger partial charge in [-0.05, 0) is 24.1 Å². The summed E-state index contributed by atoms with van der Waals surface area (Å²) in [4.78, 5) is 4.10. The average molecular weight is 238 g/mol. The van der Waals surface area contributed by atoms with Crippen molar-refractivity contribution in [1.82, 2.24) is 10.3 Å². The van der Waals surface area contributed by atoms with Crippen LogP contribution < -0.4 is 5.32 Å². The van der Waals surface area contributed by atoms with Gasteiger partial charge in [-0.2, -0.15) is 0 Å². The molecule has 0 bridgehead atoms. The van der Waals surface area contributed by atoms with Crippen molar-refractivity contribution in [2.24, 2.45) is 0 Å². The largest absolute Gasteiger partial charge is 0.309 e. The molecule has 2 heteroatoms. The third-order valence-corrected chi connectivity index (χ3v) is 2.67. The molecule has 0 fully saturated rings. The van der Waals surface area contributed by atoms with Crippen LogP contribution in [0.2, 0.25) is 0 Å². The highest BCUT2D eigenvalue weighted by Gasteiger charge is 1.93. The van der Waals surface area contributed by atoms with E-state index >= 15 is 0 Å². The van der Waals surface area contributed by atoms with Gasteiger partial charge in [-0.3, -0.25) is 4.98 Å². The van der Waals surface area contributed by atoms with Gasteiger partial charge in [0.05, 0.1) is 0 Å². The van der Waals surface area contributed by atoms with Crippen LogP contribution in [0.5, 0.6) is 0 Å². The fraction of sp³-hybridized carbons (Fsp3) is 0.188. The van der Waals surface area contributed by atoms with Crippen LogP contribution in [-0.4, -0.2) is 11.5 Å². The van der Waals surface area contributed by atoms with Gasteiger partial charge in [0.25, 0.3) is 0 Å². The Morgan fingerprint density at radius 1 is 1.17 bits per heavy atom. The molecule has 1 aromatic heterocycles. The monoisotopic (exact) mass is 238 g/mol. The number of pyridine rings is 1. The van der Waals surface area contributed by atoms with Crippen molar-refractivity contribution in [3.8, 4) is 0 Å². The number of nitrogens with zero attached hydrogens (tertiary/aromatic N) is 1. The fourth-order valence-corrected chi connectivity index (χ4v) is 1.79. The summed E-state index contributed by atoms with van der Waals surface area (Å²) in [5.74, 6) is 0. The second-order valence-electron chi connectivity index (χ2n) is 4.37. The molecule has 92 valence electrons. The van der Waals surface area contributed by atoms with E-state index in [9.17, 15) is 0 Å². The summed E-state index contributed by atoms with van der Waals surface area (Å²) in [7, 11) is 0. The predicted octanol–water partition coefficient (Wildman–Crippen LogP) is 3.27. The van der Waals surface area contributed by atoms with Crippen LogP contribution in [0.3, 0.4) is 0 Å². The standard InChI is InChI=1S/C16H18N2/c1-14(10-15-6-3-2-4-7-15)11-18-13-16-8-5-9-17-12-16/h2-10,12,18H,11,13H2,1H3. The van der Waals surface area contributed by atoms with Crippen LogP contribution in [0, 0.1) is 0 Å². The molecule has 1 N–H and O–H groups in total. The summed E-state index contributed by atoms with van der Waals surface area (Å²) >= 11 is 0. The zero-order valence-electron chi connectivity index (χ0n) is 10.6. The lowest BCUT2D eigenvalue weighted by Crippen LogP contribution is -2.15. The van der Waals surface area contributed by atoms with E-state index in [0.29, 0.717) is 0 Å². The number of nitrogens with one attached hydrogen (secondary N) is 1. The highest BCUT2D eigenvalue weighted by molar-refractivity contribution is 5.52. The van der Waals surface area contributed by atoms with E-state index in [1.165, 1.54) is 16.7 Å². The summed E-state index contributed by atoms with van der Waals surface area (Å²) in [5.41, 5.74) is 3.79. The maximum Gasteiger partial charge on any atom is 0.0312 e. The van der Waals surface area contributed by atoms with Crippen LogP contribution in [0.15, 0.2) is 60.4 Å². The summed E-state index contributed by atoms with van der Waals surface area (Å²) in [6, 6.07) is 14.4. The first-order valence-electron chi connectivity index (χ1n) is 6.16. The van der Waals surface area contributed by atoms with E-state index in [4.69, 9.17) is 0 Å². The molecule has 0 saturated heterocycles. The molecule has 0 aliphatic carbocycles. The molecule has 0 unspecified atom stereocenters. The molecule has 2 nitrogen and oxygen atoms in total. The molecule has 0 spiro atoms. The lowest BCUT2D eigenvalue weighted by molar-refractivity contribution is 0.739. The van der Waals surface area contributed by atoms with Crippen molar-refractivity contribution in [1.29, 1.82) is 0 Å². The second-order valence-corrected chi connectivity index (χ2v) is 4.37. The zero-order chi connectivity index (χ0) is 12.6. The summed E-state index contributed by atoms with van der Waals surface area (Å²) < 4.78 is 0. The molecule has 0 saturated carbocycles. The molecule has 18 heavy (non-hydrogen) atoms. The van der Waals surface area contributed by atoms with Crippen molar-refractivity contribution in [3.05, 3.63) is 71.6 Å². The molecule has 0 aliphatic heterocycles. The Morgan fingerprint density at radius 3 is 2.72 bits per heavy atom. The number of benzene rings is 1. The molecule has 0 atom stereocenters. The third kappa shape index (κ3) is 4.15. The highest BCUT2D eigenvalue weighted by atomic mass is 14.8. The number of aromatic nitrogens is 1. The molecular formula is C16H18N2. The number of rotatable bonds is 5. The van der Waals surface area contributed by atoms with E-state index in [2.05, 4.69) is 53.6 Å². The van der Waals surface area contributed by atoms with Gasteiger partial charge in [-0.1, -0.05) is 48.0 Å². The van der Waals surface area contributed by atoms with E-state index in [1.54, 1.807) is 6.20 Å². The molecule has 1 aromatic carbocycles. The van der Waals surface area contributed by atoms with Crippen LogP contribution in [-0.2, 0) is 6.54 Å². The van der Waals surface area contributed by atoms with Crippen molar-refractivity contribution in [3.63, 3.8) is 0 Å². The highest BCUT2D eigenvalue weighted by Crippen LogP contribution is 2.05. The van der Waals surface area contributed by atoms with Gasteiger partial charge in [-0.25, -0.2) is 0 Å². The Morgan fingerprint density at radius 2 is 2.00 bits per heavy atom. The Hall–Kier alpha value is -1.93. The summed E-state index contributed by atoms with van der Waals surface area (Å²) in [6.45, 7) is 3.89. The number of hydrogen-bond donors (Lipinski definition) is 1. The number of hydrogen-bond acceptors (Lipinski definition) is 2. The summed E-state index contributed by atoms with van der Waals surface area (Å²) in [5, 5.41) is 3.41. The second kappa shape index (κ2) is 6.72. The Kier molecular flexibility index (Phi) is 4.68. The lowest BCUT2D eigenvalue weighted by Gasteiger charge is -2.05. The van der Waals surface area contributed by atoms with Crippen molar-refractivity contribution in [2.75, 3.05) is 6.54 Å². The van der Waals surface area contributed by atoms with Gasteiger partial charge in [-0.15, -0.1) is 0 Å². The minimum Gasteiger partial charge on any atom is -0.309 e. The predicted molar refractivity (Wildman–Crippen MR) is 76.0 cm³/mol. The van der Waals surface area contributed by atoms with Crippen LogP contribution >= 0.6 is 0 Å². The van der Waals surface area contributed by atoms with Gasteiger partial charge < -0.3 is 5.32 Å². The van der Waals surface area contributed by atoms with Crippen molar-refractivity contribution in [2.45, 2.75) is 13.5 Å². The van der Waals surface area contributed by atoms with Crippen molar-refractivity contribution >= 4 is 6.08 Å². The fourth-order valence-electron chi connectivity index (χ4n) is 1.79. The van der Waals surface area contributed by atoms with Crippen LogP contribution in [0.1, 0.15) is 18.1 Å². The first-order valence-corrected chi connectivity index (χ1v) is 6.16. The third-order valence-electron chi connectivity index (χ3n) is 2.67. The smallest absolute Gasteiger partial charge is 0.0312 e. The minimum absolute atomic E-state index is 0.855. The molecule has 0 radical (unpaired) electrons. The zero-order valence-corrected chi connectivity index (χ0v) is 10.6. The Balaban J connectivity index is 1.82. The molecule has 2 rings (SSSR count). The maximum absolute atomic E-state index is 4.10. The van der Waals surface area contributed by atoms with E-state index in [1.807, 2.05) is 18.3 Å². The Bertz CT molecular complexity index is 489. The van der Waals surface area contributed by atoms with Crippen molar-refractivity contribution < 1.29 is 0 Å². The first-order chi connectivity index (χ1) is 8.84. The molecule has 0 amide bonds. The van der Waals surface area contributed by atoms with Crippen LogP contribution in [0.4, 0.5) is 0 Å². The van der Waals surface area contributed by atoms with E-state index in [0.717, 1.165) is 13.1 Å². The molecule has 0 aliphatic rings. The van der Waals surface area contributed by atoms with Gasteiger partial charge in [0, 0.05) is 25.5 Å². The lowest BCUT2D eigenvalue weighted by atomic mass is 10.1. The van der Waals surface area contributed by atoms with Gasteiger partial charge in [0.1, 0.15) is 0 Å². The molecular weight excluding hydrogens is 220 g/mol.